The Morgan fingerprint density at radius 1 is 1.22 bits per heavy atom. The lowest BCUT2D eigenvalue weighted by atomic mass is 9.77. The van der Waals surface area contributed by atoms with E-state index in [2.05, 4.69) is 10.1 Å². The molecular weight excluding hydrogens is 341 g/mol. The third-order valence-corrected chi connectivity index (χ3v) is 4.85. The fraction of sp³-hybridized carbons (Fsp3) is 0.250. The molecule has 1 N–H and O–H groups in total. The number of rotatable bonds is 4. The molecule has 0 unspecified atom stereocenters. The van der Waals surface area contributed by atoms with Crippen LogP contribution < -0.4 is 5.46 Å². The Morgan fingerprint density at radius 2 is 1.96 bits per heavy atom. The van der Waals surface area contributed by atoms with Gasteiger partial charge >= 0.3 is 7.12 Å². The molecule has 136 valence electrons. The number of carbonyl (C=O) groups is 1. The third kappa shape index (κ3) is 3.20. The van der Waals surface area contributed by atoms with E-state index in [1.165, 1.54) is 0 Å². The number of aryl methyl sites for hydroxylation is 1. The number of nitrogens with zero attached hydrogens (tertiary/aromatic N) is 3. The fourth-order valence-electron chi connectivity index (χ4n) is 3.49. The van der Waals surface area contributed by atoms with Gasteiger partial charge in [-0.15, -0.1) is 5.10 Å². The van der Waals surface area contributed by atoms with Crippen LogP contribution in [-0.4, -0.2) is 32.7 Å². The fourth-order valence-corrected chi connectivity index (χ4v) is 3.49. The van der Waals surface area contributed by atoms with Crippen molar-refractivity contribution in [3.8, 4) is 11.4 Å². The zero-order valence-corrected chi connectivity index (χ0v) is 15.5. The van der Waals surface area contributed by atoms with E-state index in [4.69, 9.17) is 4.65 Å². The first-order chi connectivity index (χ1) is 12.8. The second-order valence-electron chi connectivity index (χ2n) is 7.25. The molecule has 0 saturated heterocycles. The molecule has 0 aliphatic carbocycles. The maximum atomic E-state index is 12.7. The maximum Gasteiger partial charge on any atom is 0.492 e. The van der Waals surface area contributed by atoms with Crippen LogP contribution in [0.3, 0.4) is 0 Å². The first-order valence-electron chi connectivity index (χ1n) is 8.84. The van der Waals surface area contributed by atoms with Crippen LogP contribution in [-0.2, 0) is 23.7 Å². The van der Waals surface area contributed by atoms with Gasteiger partial charge in [-0.05, 0) is 30.4 Å². The Bertz CT molecular complexity index is 1010. The average Bonchev–Trinajstić information content (AvgIpc) is 3.13. The number of Topliss-reactive ketones (excluding diaryl/α,β-unsaturated/α-hetero) is 1. The number of hydrogen-bond acceptors (Lipinski definition) is 5. The zero-order chi connectivity index (χ0) is 19.2. The minimum absolute atomic E-state index is 0.165. The van der Waals surface area contributed by atoms with E-state index in [1.54, 1.807) is 11.7 Å². The van der Waals surface area contributed by atoms with Gasteiger partial charge in [0.15, 0.2) is 5.82 Å². The van der Waals surface area contributed by atoms with Crippen LogP contribution in [0, 0.1) is 0 Å². The first kappa shape index (κ1) is 17.6. The van der Waals surface area contributed by atoms with Gasteiger partial charge in [-0.25, -0.2) is 9.67 Å². The van der Waals surface area contributed by atoms with Crippen molar-refractivity contribution in [1.29, 1.82) is 0 Å². The maximum absolute atomic E-state index is 12.7. The van der Waals surface area contributed by atoms with Crippen molar-refractivity contribution in [3.63, 3.8) is 0 Å². The molecule has 1 aliphatic rings. The Labute approximate surface area is 158 Å². The van der Waals surface area contributed by atoms with Crippen molar-refractivity contribution in [2.24, 2.45) is 7.05 Å². The molecule has 27 heavy (non-hydrogen) atoms. The summed E-state index contributed by atoms with van der Waals surface area (Å²) in [6.45, 7) is 3.82. The van der Waals surface area contributed by atoms with Crippen molar-refractivity contribution in [1.82, 2.24) is 14.8 Å². The summed E-state index contributed by atoms with van der Waals surface area (Å²) in [7, 11) is 0.805. The number of fused-ring (bicyclic) bond motifs is 1. The van der Waals surface area contributed by atoms with Gasteiger partial charge in [-0.3, -0.25) is 4.79 Å². The van der Waals surface area contributed by atoms with E-state index in [0.29, 0.717) is 11.3 Å². The van der Waals surface area contributed by atoms with Gasteiger partial charge in [0.25, 0.3) is 0 Å². The normalized spacial score (nSPS) is 15.0. The van der Waals surface area contributed by atoms with E-state index in [0.717, 1.165) is 16.7 Å². The predicted octanol–water partition coefficient (Wildman–Crippen LogP) is 1.86. The minimum Gasteiger partial charge on any atom is -0.423 e. The smallest absolute Gasteiger partial charge is 0.423 e. The topological polar surface area (TPSA) is 77.2 Å². The Kier molecular flexibility index (Phi) is 4.21. The SMILES string of the molecule is Cn1nc(C(=O)Cc2ccc3c(c2)B(O)OC3(C)C)nc1-c1ccccc1. The molecule has 2 aromatic carbocycles. The van der Waals surface area contributed by atoms with Crippen molar-refractivity contribution in [2.45, 2.75) is 25.9 Å². The minimum atomic E-state index is -0.970. The van der Waals surface area contributed by atoms with Gasteiger partial charge in [0.1, 0.15) is 0 Å². The summed E-state index contributed by atoms with van der Waals surface area (Å²) < 4.78 is 7.19. The molecule has 1 aromatic heterocycles. The second kappa shape index (κ2) is 6.44. The molecule has 0 atom stereocenters. The Morgan fingerprint density at radius 3 is 2.70 bits per heavy atom. The highest BCUT2D eigenvalue weighted by Gasteiger charge is 2.40. The second-order valence-corrected chi connectivity index (χ2v) is 7.25. The molecule has 3 aromatic rings. The van der Waals surface area contributed by atoms with Crippen LogP contribution in [0.25, 0.3) is 11.4 Å². The lowest BCUT2D eigenvalue weighted by Gasteiger charge is -2.19. The van der Waals surface area contributed by atoms with E-state index in [9.17, 15) is 9.82 Å². The van der Waals surface area contributed by atoms with Crippen molar-refractivity contribution in [2.75, 3.05) is 0 Å². The summed E-state index contributed by atoms with van der Waals surface area (Å²) >= 11 is 0. The van der Waals surface area contributed by atoms with Crippen molar-refractivity contribution < 1.29 is 14.5 Å². The molecule has 0 bridgehead atoms. The summed E-state index contributed by atoms with van der Waals surface area (Å²) in [6.07, 6.45) is 0.165. The van der Waals surface area contributed by atoms with Crippen LogP contribution in [0.5, 0.6) is 0 Å². The quantitative estimate of drug-likeness (QED) is 0.567. The van der Waals surface area contributed by atoms with Gasteiger partial charge in [0.2, 0.25) is 11.6 Å². The highest BCUT2D eigenvalue weighted by atomic mass is 16.5. The first-order valence-corrected chi connectivity index (χ1v) is 8.84. The molecule has 1 aliphatic heterocycles. The molecular formula is C20H20BN3O3. The molecule has 0 spiro atoms. The van der Waals surface area contributed by atoms with E-state index < -0.39 is 12.7 Å². The number of carbonyl (C=O) groups excluding carboxylic acids is 1. The number of benzene rings is 2. The molecule has 0 radical (unpaired) electrons. The van der Waals surface area contributed by atoms with Gasteiger partial charge in [-0.1, -0.05) is 48.5 Å². The summed E-state index contributed by atoms with van der Waals surface area (Å²) in [6, 6.07) is 15.3. The molecule has 2 heterocycles. The predicted molar refractivity (Wildman–Crippen MR) is 103 cm³/mol. The van der Waals surface area contributed by atoms with Gasteiger partial charge in [-0.2, -0.15) is 0 Å². The van der Waals surface area contributed by atoms with E-state index in [-0.39, 0.29) is 18.0 Å². The van der Waals surface area contributed by atoms with Gasteiger partial charge in [0, 0.05) is 19.0 Å². The molecule has 6 nitrogen and oxygen atoms in total. The van der Waals surface area contributed by atoms with Crippen LogP contribution >= 0.6 is 0 Å². The van der Waals surface area contributed by atoms with Gasteiger partial charge < -0.3 is 9.68 Å². The number of ketones is 1. The Balaban J connectivity index is 1.58. The van der Waals surface area contributed by atoms with Crippen molar-refractivity contribution in [3.05, 3.63) is 65.5 Å². The monoisotopic (exact) mass is 361 g/mol. The third-order valence-electron chi connectivity index (χ3n) is 4.85. The summed E-state index contributed by atoms with van der Waals surface area (Å²) in [5.74, 6) is 0.674. The van der Waals surface area contributed by atoms with Crippen molar-refractivity contribution >= 4 is 18.4 Å². The van der Waals surface area contributed by atoms with Crippen LogP contribution in [0.15, 0.2) is 48.5 Å². The van der Waals surface area contributed by atoms with Crippen LogP contribution in [0.4, 0.5) is 0 Å². The van der Waals surface area contributed by atoms with E-state index in [1.807, 2.05) is 62.4 Å². The lowest BCUT2D eigenvalue weighted by Crippen LogP contribution is -2.29. The summed E-state index contributed by atoms with van der Waals surface area (Å²) in [5.41, 5.74) is 2.82. The lowest BCUT2D eigenvalue weighted by molar-refractivity contribution is 0.0982. The number of aromatic nitrogens is 3. The Hall–Kier alpha value is -2.77. The van der Waals surface area contributed by atoms with E-state index >= 15 is 0 Å². The van der Waals surface area contributed by atoms with Crippen LogP contribution in [0.1, 0.15) is 35.6 Å². The molecule has 0 saturated carbocycles. The standard InChI is InChI=1S/C20H20BN3O3/c1-20(2)15-10-9-13(11-16(15)21(26)27-20)12-17(25)18-22-19(24(3)23-18)14-7-5-4-6-8-14/h4-11,26H,12H2,1-3H3. The average molecular weight is 361 g/mol. The van der Waals surface area contributed by atoms with Gasteiger partial charge in [0.05, 0.1) is 5.60 Å². The molecule has 0 fully saturated rings. The molecule has 4 rings (SSSR count). The highest BCUT2D eigenvalue weighted by molar-refractivity contribution is 6.62. The largest absolute Gasteiger partial charge is 0.492 e. The summed E-state index contributed by atoms with van der Waals surface area (Å²) in [5, 5.41) is 14.4. The number of hydrogen-bond donors (Lipinski definition) is 1. The molecule has 0 amide bonds. The van der Waals surface area contributed by atoms with Crippen LogP contribution in [0.2, 0.25) is 0 Å². The summed E-state index contributed by atoms with van der Waals surface area (Å²) in [4.78, 5) is 17.1. The molecule has 7 heteroatoms. The zero-order valence-electron chi connectivity index (χ0n) is 15.5. The highest BCUT2D eigenvalue weighted by Crippen LogP contribution is 2.30.